The minimum Gasteiger partial charge on any atom is -0.481 e. The van der Waals surface area contributed by atoms with E-state index in [9.17, 15) is 19.8 Å². The highest BCUT2D eigenvalue weighted by molar-refractivity contribution is 5.80. The summed E-state index contributed by atoms with van der Waals surface area (Å²) in [4.78, 5) is 24.6. The lowest BCUT2D eigenvalue weighted by Gasteiger charge is -2.50. The first-order valence-electron chi connectivity index (χ1n) is 9.26. The fourth-order valence-corrected chi connectivity index (χ4v) is 5.22. The maximum atomic E-state index is 12.3. The third kappa shape index (κ3) is 3.41. The highest BCUT2D eigenvalue weighted by Gasteiger charge is 2.58. The van der Waals surface area contributed by atoms with Gasteiger partial charge in [-0.25, -0.2) is 0 Å². The largest absolute Gasteiger partial charge is 0.481 e. The predicted molar refractivity (Wildman–Crippen MR) is 89.0 cm³/mol. The Morgan fingerprint density at radius 2 is 1.22 bits per heavy atom. The van der Waals surface area contributed by atoms with Crippen LogP contribution >= 0.6 is 0 Å². The first-order valence-corrected chi connectivity index (χ1v) is 9.26. The van der Waals surface area contributed by atoms with Crippen LogP contribution in [0.3, 0.4) is 0 Å². The third-order valence-electron chi connectivity index (χ3n) is 6.42. The lowest BCUT2D eigenvalue weighted by molar-refractivity contribution is -0.173. The number of carbonyl (C=O) groups is 2. The number of hydrogen-bond donors (Lipinski definition) is 2. The molecule has 0 aromatic carbocycles. The van der Waals surface area contributed by atoms with E-state index in [1.54, 1.807) is 0 Å². The second-order valence-electron chi connectivity index (χ2n) is 7.59. The molecular formula is C19H31O4. The summed E-state index contributed by atoms with van der Waals surface area (Å²) >= 11 is 0. The zero-order chi connectivity index (χ0) is 16.9. The minimum absolute atomic E-state index is 0.257. The summed E-state index contributed by atoms with van der Waals surface area (Å²) < 4.78 is 0. The molecule has 0 heterocycles. The molecule has 2 saturated carbocycles. The molecule has 1 radical (unpaired) electrons. The average Bonchev–Trinajstić information content (AvgIpc) is 2.56. The second-order valence-corrected chi connectivity index (χ2v) is 7.59. The minimum atomic E-state index is -0.844. The summed E-state index contributed by atoms with van der Waals surface area (Å²) in [5.41, 5.74) is -1.69. The Morgan fingerprint density at radius 3 is 1.52 bits per heavy atom. The van der Waals surface area contributed by atoms with Crippen molar-refractivity contribution < 1.29 is 19.8 Å². The van der Waals surface area contributed by atoms with Crippen LogP contribution in [0.1, 0.15) is 83.5 Å². The molecular weight excluding hydrogens is 292 g/mol. The van der Waals surface area contributed by atoms with Crippen LogP contribution in [0, 0.1) is 23.7 Å². The highest BCUT2D eigenvalue weighted by atomic mass is 16.4. The Labute approximate surface area is 139 Å². The number of hydrogen-bond acceptors (Lipinski definition) is 2. The van der Waals surface area contributed by atoms with Gasteiger partial charge < -0.3 is 10.2 Å². The number of unbranched alkanes of at least 4 members (excludes halogenated alkanes) is 1. The van der Waals surface area contributed by atoms with Gasteiger partial charge >= 0.3 is 11.9 Å². The van der Waals surface area contributed by atoms with Crippen molar-refractivity contribution in [3.63, 3.8) is 0 Å². The van der Waals surface area contributed by atoms with Gasteiger partial charge in [0.15, 0.2) is 0 Å². The van der Waals surface area contributed by atoms with E-state index in [0.29, 0.717) is 32.1 Å². The summed E-state index contributed by atoms with van der Waals surface area (Å²) in [5.74, 6) is -1.79. The Kier molecular flexibility index (Phi) is 6.10. The van der Waals surface area contributed by atoms with Crippen molar-refractivity contribution in [1.82, 2.24) is 0 Å². The Balaban J connectivity index is 2.44. The first kappa shape index (κ1) is 18.3. The smallest absolute Gasteiger partial charge is 0.309 e. The molecule has 0 bridgehead atoms. The molecule has 2 aliphatic carbocycles. The van der Waals surface area contributed by atoms with E-state index in [4.69, 9.17) is 0 Å². The molecule has 0 aliphatic heterocycles. The van der Waals surface area contributed by atoms with Crippen LogP contribution in [0.15, 0.2) is 0 Å². The molecule has 0 unspecified atom stereocenters. The molecule has 4 nitrogen and oxygen atoms in total. The topological polar surface area (TPSA) is 74.6 Å². The standard InChI is InChI=1S/C19H31O4/c1-2-3-10-15(18(16(20)21)11-6-4-7-12-18)19(17(22)23)13-8-5-9-14-19/h15H,1-14H2,(H,20,21)(H,22,23). The van der Waals surface area contributed by atoms with Crippen LogP contribution in [-0.2, 0) is 9.59 Å². The SMILES string of the molecule is [CH2]CCCC(C1(C(=O)O)CCCCC1)C1(C(=O)O)CCCCC1. The van der Waals surface area contributed by atoms with Gasteiger partial charge in [0.1, 0.15) is 0 Å². The zero-order valence-corrected chi connectivity index (χ0v) is 14.2. The van der Waals surface area contributed by atoms with Crippen molar-refractivity contribution in [3.05, 3.63) is 6.92 Å². The van der Waals surface area contributed by atoms with Gasteiger partial charge in [0.05, 0.1) is 10.8 Å². The number of aliphatic carboxylic acids is 2. The Hall–Kier alpha value is -1.06. The van der Waals surface area contributed by atoms with Gasteiger partial charge in [-0.15, -0.1) is 0 Å². The van der Waals surface area contributed by atoms with E-state index in [0.717, 1.165) is 51.4 Å². The van der Waals surface area contributed by atoms with Crippen molar-refractivity contribution in [2.75, 3.05) is 0 Å². The Bertz CT molecular complexity index is 381. The predicted octanol–water partition coefficient (Wildman–Crippen LogP) is 4.68. The summed E-state index contributed by atoms with van der Waals surface area (Å²) in [6, 6.07) is 0. The molecule has 23 heavy (non-hydrogen) atoms. The lowest BCUT2D eigenvalue weighted by Crippen LogP contribution is -2.52. The second kappa shape index (κ2) is 7.67. The van der Waals surface area contributed by atoms with Crippen molar-refractivity contribution in [2.45, 2.75) is 83.5 Å². The quantitative estimate of drug-likeness (QED) is 0.713. The Morgan fingerprint density at radius 1 is 0.826 bits per heavy atom. The van der Waals surface area contributed by atoms with E-state index < -0.39 is 22.8 Å². The van der Waals surface area contributed by atoms with E-state index in [1.807, 2.05) is 0 Å². The van der Waals surface area contributed by atoms with Gasteiger partial charge in [0.25, 0.3) is 0 Å². The molecule has 2 aliphatic rings. The summed E-state index contributed by atoms with van der Waals surface area (Å²) in [5, 5.41) is 20.2. The van der Waals surface area contributed by atoms with Gasteiger partial charge in [-0.3, -0.25) is 9.59 Å². The molecule has 2 rings (SSSR count). The van der Waals surface area contributed by atoms with Crippen molar-refractivity contribution >= 4 is 11.9 Å². The van der Waals surface area contributed by atoms with Crippen LogP contribution in [0.4, 0.5) is 0 Å². The molecule has 0 amide bonds. The monoisotopic (exact) mass is 323 g/mol. The lowest BCUT2D eigenvalue weighted by atomic mass is 9.52. The third-order valence-corrected chi connectivity index (χ3v) is 6.42. The molecule has 2 N–H and O–H groups in total. The van der Waals surface area contributed by atoms with Crippen molar-refractivity contribution in [3.8, 4) is 0 Å². The number of carboxylic acid groups (broad SMARTS) is 2. The van der Waals surface area contributed by atoms with Crippen molar-refractivity contribution in [1.29, 1.82) is 0 Å². The van der Waals surface area contributed by atoms with E-state index in [-0.39, 0.29) is 5.92 Å². The molecule has 0 spiro atoms. The summed E-state index contributed by atoms with van der Waals surface area (Å²) in [7, 11) is 0. The highest BCUT2D eigenvalue weighted by Crippen LogP contribution is 2.57. The van der Waals surface area contributed by atoms with Crippen LogP contribution in [0.2, 0.25) is 0 Å². The summed E-state index contributed by atoms with van der Waals surface area (Å²) in [6.07, 6.45) is 10.5. The number of rotatable bonds is 7. The van der Waals surface area contributed by atoms with Crippen LogP contribution in [-0.4, -0.2) is 22.2 Å². The summed E-state index contributed by atoms with van der Waals surface area (Å²) in [6.45, 7) is 3.89. The van der Waals surface area contributed by atoms with Gasteiger partial charge in [-0.2, -0.15) is 0 Å². The van der Waals surface area contributed by atoms with Gasteiger partial charge in [-0.05, 0) is 38.0 Å². The zero-order valence-electron chi connectivity index (χ0n) is 14.2. The first-order chi connectivity index (χ1) is 11.0. The fourth-order valence-electron chi connectivity index (χ4n) is 5.22. The van der Waals surface area contributed by atoms with E-state index in [1.165, 1.54) is 0 Å². The maximum absolute atomic E-state index is 12.3. The molecule has 0 atom stereocenters. The molecule has 2 fully saturated rings. The van der Waals surface area contributed by atoms with Crippen LogP contribution in [0.25, 0.3) is 0 Å². The molecule has 4 heteroatoms. The van der Waals surface area contributed by atoms with E-state index >= 15 is 0 Å². The maximum Gasteiger partial charge on any atom is 0.309 e. The van der Waals surface area contributed by atoms with Gasteiger partial charge in [0.2, 0.25) is 0 Å². The van der Waals surface area contributed by atoms with Crippen LogP contribution < -0.4 is 0 Å². The molecule has 131 valence electrons. The average molecular weight is 323 g/mol. The molecule has 0 aromatic rings. The molecule has 0 saturated heterocycles. The van der Waals surface area contributed by atoms with Crippen molar-refractivity contribution in [2.24, 2.45) is 16.7 Å². The fraction of sp³-hybridized carbons (Fsp3) is 0.842. The van der Waals surface area contributed by atoms with Gasteiger partial charge in [0, 0.05) is 0 Å². The van der Waals surface area contributed by atoms with Crippen LogP contribution in [0.5, 0.6) is 0 Å². The van der Waals surface area contributed by atoms with E-state index in [2.05, 4.69) is 6.92 Å². The number of carboxylic acids is 2. The van der Waals surface area contributed by atoms with Gasteiger partial charge in [-0.1, -0.05) is 58.3 Å². The molecule has 0 aromatic heterocycles. The normalized spacial score (nSPS) is 23.6.